The van der Waals surface area contributed by atoms with Crippen molar-refractivity contribution in [3.8, 4) is 5.75 Å². The molecule has 1 aliphatic carbocycles. The summed E-state index contributed by atoms with van der Waals surface area (Å²) in [5, 5.41) is 0.825. The molecule has 1 fully saturated rings. The number of nitrogens with one attached hydrogen (secondary N) is 1. The van der Waals surface area contributed by atoms with Gasteiger partial charge in [-0.3, -0.25) is 11.3 Å². The molecule has 0 bridgehead atoms. The highest BCUT2D eigenvalue weighted by Crippen LogP contribution is 2.33. The number of methoxy groups -OCH3 is 1. The van der Waals surface area contributed by atoms with Gasteiger partial charge >= 0.3 is 0 Å². The molecule has 0 saturated heterocycles. The van der Waals surface area contributed by atoms with E-state index < -0.39 is 0 Å². The van der Waals surface area contributed by atoms with Gasteiger partial charge in [0, 0.05) is 11.0 Å². The van der Waals surface area contributed by atoms with Crippen molar-refractivity contribution in [2.45, 2.75) is 50.8 Å². The molecule has 3 nitrogen and oxygen atoms in total. The van der Waals surface area contributed by atoms with Crippen LogP contribution in [0.25, 0.3) is 0 Å². The molecule has 1 saturated carbocycles. The Balaban J connectivity index is 2.07. The average molecular weight is 294 g/mol. The van der Waals surface area contributed by atoms with Gasteiger partial charge in [0.15, 0.2) is 0 Å². The van der Waals surface area contributed by atoms with Gasteiger partial charge < -0.3 is 4.74 Å². The number of nitrogens with two attached hydrogens (primary N) is 1. The van der Waals surface area contributed by atoms with Crippen LogP contribution in [0.2, 0.25) is 0 Å². The second-order valence-corrected chi connectivity index (χ2v) is 6.97. The van der Waals surface area contributed by atoms with Gasteiger partial charge in [-0.2, -0.15) is 11.8 Å². The molecule has 1 aromatic carbocycles. The van der Waals surface area contributed by atoms with Gasteiger partial charge in [0.1, 0.15) is 5.75 Å². The SMILES string of the molecule is COc1cc(C)c(C(CSC2CCCC2)NN)cc1C. The Kier molecular flexibility index (Phi) is 5.75. The summed E-state index contributed by atoms with van der Waals surface area (Å²) in [5.74, 6) is 7.77. The maximum atomic E-state index is 5.78. The number of benzene rings is 1. The molecule has 0 aliphatic heterocycles. The Morgan fingerprint density at radius 3 is 2.60 bits per heavy atom. The van der Waals surface area contributed by atoms with Gasteiger partial charge in [0.2, 0.25) is 0 Å². The Hall–Kier alpha value is -0.710. The highest BCUT2D eigenvalue weighted by Gasteiger charge is 2.20. The van der Waals surface area contributed by atoms with Crippen molar-refractivity contribution in [3.05, 3.63) is 28.8 Å². The molecule has 1 unspecified atom stereocenters. The number of hydrazine groups is 1. The minimum absolute atomic E-state index is 0.213. The van der Waals surface area contributed by atoms with Gasteiger partial charge in [-0.1, -0.05) is 18.9 Å². The Labute approximate surface area is 126 Å². The first-order chi connectivity index (χ1) is 9.65. The Morgan fingerprint density at radius 2 is 2.00 bits per heavy atom. The van der Waals surface area contributed by atoms with E-state index in [9.17, 15) is 0 Å². The highest BCUT2D eigenvalue weighted by atomic mass is 32.2. The van der Waals surface area contributed by atoms with Crippen LogP contribution < -0.4 is 16.0 Å². The van der Waals surface area contributed by atoms with E-state index in [1.165, 1.54) is 42.4 Å². The fraction of sp³-hybridized carbons (Fsp3) is 0.625. The zero-order valence-electron chi connectivity index (χ0n) is 12.7. The third-order valence-electron chi connectivity index (χ3n) is 4.16. The molecule has 20 heavy (non-hydrogen) atoms. The average Bonchev–Trinajstić information content (AvgIpc) is 2.96. The van der Waals surface area contributed by atoms with E-state index in [2.05, 4.69) is 43.2 Å². The third-order valence-corrected chi connectivity index (χ3v) is 5.63. The van der Waals surface area contributed by atoms with E-state index in [4.69, 9.17) is 10.6 Å². The van der Waals surface area contributed by atoms with Gasteiger partial charge in [0.25, 0.3) is 0 Å². The molecule has 0 spiro atoms. The van der Waals surface area contributed by atoms with Crippen LogP contribution >= 0.6 is 11.8 Å². The predicted octanol–water partition coefficient (Wildman–Crippen LogP) is 3.49. The summed E-state index contributed by atoms with van der Waals surface area (Å²) in [5.41, 5.74) is 6.68. The molecule has 3 N–H and O–H groups in total. The maximum Gasteiger partial charge on any atom is 0.122 e. The molecule has 0 aromatic heterocycles. The lowest BCUT2D eigenvalue weighted by Crippen LogP contribution is -2.30. The van der Waals surface area contributed by atoms with Crippen molar-refractivity contribution in [2.24, 2.45) is 5.84 Å². The molecule has 1 aliphatic rings. The Morgan fingerprint density at radius 1 is 1.30 bits per heavy atom. The number of ether oxygens (including phenoxy) is 1. The minimum atomic E-state index is 0.213. The van der Waals surface area contributed by atoms with Crippen LogP contribution in [0.5, 0.6) is 5.75 Å². The van der Waals surface area contributed by atoms with Gasteiger partial charge in [-0.05, 0) is 49.4 Å². The third kappa shape index (κ3) is 3.68. The van der Waals surface area contributed by atoms with E-state index in [0.29, 0.717) is 0 Å². The van der Waals surface area contributed by atoms with Crippen LogP contribution in [0.15, 0.2) is 12.1 Å². The van der Waals surface area contributed by atoms with E-state index in [1.807, 2.05) is 0 Å². The van der Waals surface area contributed by atoms with Crippen LogP contribution in [0.4, 0.5) is 0 Å². The summed E-state index contributed by atoms with van der Waals surface area (Å²) in [6, 6.07) is 4.52. The summed E-state index contributed by atoms with van der Waals surface area (Å²) >= 11 is 2.06. The number of rotatable bonds is 6. The molecule has 112 valence electrons. The van der Waals surface area contributed by atoms with Crippen LogP contribution in [-0.4, -0.2) is 18.1 Å². The number of hydrogen-bond donors (Lipinski definition) is 2. The number of thioether (sulfide) groups is 1. The first-order valence-electron chi connectivity index (χ1n) is 7.38. The molecule has 2 rings (SSSR count). The monoisotopic (exact) mass is 294 g/mol. The van der Waals surface area contributed by atoms with Crippen molar-refractivity contribution in [1.82, 2.24) is 5.43 Å². The first kappa shape index (κ1) is 15.7. The standard InChI is InChI=1S/C16H26N2OS/c1-11-9-16(19-3)12(2)8-14(11)15(18-17)10-20-13-6-4-5-7-13/h8-9,13,15,18H,4-7,10,17H2,1-3H3. The van der Waals surface area contributed by atoms with E-state index in [0.717, 1.165) is 16.8 Å². The molecule has 1 aromatic rings. The molecule has 0 heterocycles. The first-order valence-corrected chi connectivity index (χ1v) is 8.43. The molecule has 4 heteroatoms. The predicted molar refractivity (Wildman–Crippen MR) is 87.2 cm³/mol. The van der Waals surface area contributed by atoms with E-state index in [-0.39, 0.29) is 6.04 Å². The van der Waals surface area contributed by atoms with Crippen molar-refractivity contribution < 1.29 is 4.74 Å². The second kappa shape index (κ2) is 7.34. The fourth-order valence-corrected chi connectivity index (χ4v) is 4.33. The Bertz CT molecular complexity index is 444. The molecule has 1 atom stereocenters. The lowest BCUT2D eigenvalue weighted by Gasteiger charge is -2.21. The second-order valence-electron chi connectivity index (χ2n) is 5.64. The summed E-state index contributed by atoms with van der Waals surface area (Å²) in [6.45, 7) is 4.21. The van der Waals surface area contributed by atoms with Gasteiger partial charge in [0.05, 0.1) is 13.2 Å². The normalized spacial score (nSPS) is 17.4. The summed E-state index contributed by atoms with van der Waals surface area (Å²) in [4.78, 5) is 0. The van der Waals surface area contributed by atoms with Crippen molar-refractivity contribution in [2.75, 3.05) is 12.9 Å². The van der Waals surface area contributed by atoms with Crippen molar-refractivity contribution >= 4 is 11.8 Å². The zero-order chi connectivity index (χ0) is 14.5. The molecular weight excluding hydrogens is 268 g/mol. The largest absolute Gasteiger partial charge is 0.496 e. The lowest BCUT2D eigenvalue weighted by atomic mass is 9.99. The zero-order valence-corrected chi connectivity index (χ0v) is 13.6. The maximum absolute atomic E-state index is 5.78. The quantitative estimate of drug-likeness (QED) is 0.623. The van der Waals surface area contributed by atoms with Crippen LogP contribution in [0.1, 0.15) is 48.4 Å². The summed E-state index contributed by atoms with van der Waals surface area (Å²) in [7, 11) is 1.72. The summed E-state index contributed by atoms with van der Waals surface area (Å²) in [6.07, 6.45) is 5.50. The van der Waals surface area contributed by atoms with Gasteiger partial charge in [-0.25, -0.2) is 0 Å². The number of hydrogen-bond acceptors (Lipinski definition) is 4. The minimum Gasteiger partial charge on any atom is -0.496 e. The highest BCUT2D eigenvalue weighted by molar-refractivity contribution is 7.99. The number of aryl methyl sites for hydroxylation is 2. The summed E-state index contributed by atoms with van der Waals surface area (Å²) < 4.78 is 5.38. The van der Waals surface area contributed by atoms with E-state index in [1.54, 1.807) is 7.11 Å². The topological polar surface area (TPSA) is 47.3 Å². The van der Waals surface area contributed by atoms with Crippen LogP contribution in [0, 0.1) is 13.8 Å². The van der Waals surface area contributed by atoms with Crippen LogP contribution in [0.3, 0.4) is 0 Å². The van der Waals surface area contributed by atoms with E-state index >= 15 is 0 Å². The lowest BCUT2D eigenvalue weighted by molar-refractivity contribution is 0.411. The fourth-order valence-electron chi connectivity index (χ4n) is 2.92. The molecular formula is C16H26N2OS. The molecule has 0 radical (unpaired) electrons. The van der Waals surface area contributed by atoms with Crippen molar-refractivity contribution in [1.29, 1.82) is 0 Å². The van der Waals surface area contributed by atoms with Crippen molar-refractivity contribution in [3.63, 3.8) is 0 Å². The van der Waals surface area contributed by atoms with Crippen LogP contribution in [-0.2, 0) is 0 Å². The van der Waals surface area contributed by atoms with Gasteiger partial charge in [-0.15, -0.1) is 0 Å². The molecule has 0 amide bonds. The smallest absolute Gasteiger partial charge is 0.122 e.